The smallest absolute Gasteiger partial charge is 0.125 e. The lowest BCUT2D eigenvalue weighted by molar-refractivity contribution is 0.172. The van der Waals surface area contributed by atoms with E-state index in [9.17, 15) is 5.11 Å². The molecule has 20 heavy (non-hydrogen) atoms. The highest BCUT2D eigenvalue weighted by Gasteiger charge is 2.14. The van der Waals surface area contributed by atoms with Crippen LogP contribution in [0.4, 0.5) is 0 Å². The number of ether oxygens (including phenoxy) is 1. The normalized spacial score (nSPS) is 12.2. The summed E-state index contributed by atoms with van der Waals surface area (Å²) in [5, 5.41) is 10.5. The Hall–Kier alpha value is -1.80. The third kappa shape index (κ3) is 3.61. The van der Waals surface area contributed by atoms with E-state index in [4.69, 9.17) is 4.74 Å². The lowest BCUT2D eigenvalue weighted by atomic mass is 9.98. The minimum absolute atomic E-state index is 0.543. The summed E-state index contributed by atoms with van der Waals surface area (Å²) < 4.78 is 5.58. The summed E-state index contributed by atoms with van der Waals surface area (Å²) in [6.45, 7) is 6.72. The summed E-state index contributed by atoms with van der Waals surface area (Å²) in [7, 11) is 0. The van der Waals surface area contributed by atoms with Crippen LogP contribution in [-0.4, -0.2) is 11.7 Å². The van der Waals surface area contributed by atoms with Crippen LogP contribution in [0.1, 0.15) is 35.3 Å². The van der Waals surface area contributed by atoms with Gasteiger partial charge in [-0.3, -0.25) is 0 Å². The van der Waals surface area contributed by atoms with Crippen molar-refractivity contribution in [2.24, 2.45) is 0 Å². The minimum atomic E-state index is -0.543. The van der Waals surface area contributed by atoms with Crippen molar-refractivity contribution in [3.63, 3.8) is 0 Å². The summed E-state index contributed by atoms with van der Waals surface area (Å²) in [6.07, 6.45) is 0.0611. The first-order chi connectivity index (χ1) is 9.60. The third-order valence-electron chi connectivity index (χ3n) is 3.29. The maximum Gasteiger partial charge on any atom is 0.125 e. The van der Waals surface area contributed by atoms with Crippen LogP contribution in [0, 0.1) is 13.8 Å². The van der Waals surface area contributed by atoms with Crippen molar-refractivity contribution in [2.45, 2.75) is 33.3 Å². The maximum atomic E-state index is 10.5. The van der Waals surface area contributed by atoms with Crippen LogP contribution in [0.5, 0.6) is 5.75 Å². The van der Waals surface area contributed by atoms with E-state index in [2.05, 4.69) is 32.0 Å². The van der Waals surface area contributed by atoms with E-state index in [0.29, 0.717) is 13.0 Å². The molecule has 106 valence electrons. The lowest BCUT2D eigenvalue weighted by Crippen LogP contribution is -2.05. The fourth-order valence-corrected chi connectivity index (χ4v) is 2.56. The van der Waals surface area contributed by atoms with Crippen LogP contribution in [-0.2, 0) is 6.42 Å². The van der Waals surface area contributed by atoms with E-state index < -0.39 is 6.10 Å². The predicted molar refractivity (Wildman–Crippen MR) is 82.2 cm³/mol. The van der Waals surface area contributed by atoms with Gasteiger partial charge in [0.1, 0.15) is 5.75 Å². The summed E-state index contributed by atoms with van der Waals surface area (Å²) >= 11 is 0. The summed E-state index contributed by atoms with van der Waals surface area (Å²) in [4.78, 5) is 0. The second-order valence-corrected chi connectivity index (χ2v) is 5.19. The molecule has 2 rings (SSSR count). The van der Waals surface area contributed by atoms with Gasteiger partial charge in [-0.15, -0.1) is 0 Å². The SMILES string of the molecule is CCOc1ccccc1C(O)Cc1cc(C)cc(C)c1. The van der Waals surface area contributed by atoms with Crippen molar-refractivity contribution in [1.29, 1.82) is 0 Å². The Kier molecular flexibility index (Phi) is 4.80. The molecule has 1 N–H and O–H groups in total. The fourth-order valence-electron chi connectivity index (χ4n) is 2.56. The van der Waals surface area contributed by atoms with Gasteiger partial charge in [0, 0.05) is 12.0 Å². The van der Waals surface area contributed by atoms with Crippen LogP contribution in [0.15, 0.2) is 42.5 Å². The molecule has 0 radical (unpaired) electrons. The number of aliphatic hydroxyl groups is 1. The van der Waals surface area contributed by atoms with Gasteiger partial charge in [0.05, 0.1) is 12.7 Å². The van der Waals surface area contributed by atoms with Crippen LogP contribution in [0.2, 0.25) is 0 Å². The topological polar surface area (TPSA) is 29.5 Å². The Morgan fingerprint density at radius 1 is 1.05 bits per heavy atom. The predicted octanol–water partition coefficient (Wildman–Crippen LogP) is 3.98. The molecule has 0 aliphatic carbocycles. The Morgan fingerprint density at radius 2 is 1.70 bits per heavy atom. The van der Waals surface area contributed by atoms with Crippen molar-refractivity contribution >= 4 is 0 Å². The van der Waals surface area contributed by atoms with E-state index >= 15 is 0 Å². The van der Waals surface area contributed by atoms with Gasteiger partial charge in [0.2, 0.25) is 0 Å². The average molecular weight is 270 g/mol. The van der Waals surface area contributed by atoms with E-state index in [1.54, 1.807) is 0 Å². The fraction of sp³-hybridized carbons (Fsp3) is 0.333. The first-order valence-electron chi connectivity index (χ1n) is 7.07. The Balaban J connectivity index is 2.21. The standard InChI is InChI=1S/C18H22O2/c1-4-20-18-8-6-5-7-16(18)17(19)12-15-10-13(2)9-14(3)11-15/h5-11,17,19H,4,12H2,1-3H3. The summed E-state index contributed by atoms with van der Waals surface area (Å²) in [6, 6.07) is 14.1. The van der Waals surface area contributed by atoms with Crippen LogP contribution in [0.25, 0.3) is 0 Å². The van der Waals surface area contributed by atoms with Crippen molar-refractivity contribution in [1.82, 2.24) is 0 Å². The van der Waals surface area contributed by atoms with Gasteiger partial charge in [-0.2, -0.15) is 0 Å². The molecule has 2 aromatic rings. The largest absolute Gasteiger partial charge is 0.493 e. The molecule has 0 saturated heterocycles. The molecule has 1 atom stereocenters. The van der Waals surface area contributed by atoms with Gasteiger partial charge in [-0.25, -0.2) is 0 Å². The number of aliphatic hydroxyl groups excluding tert-OH is 1. The van der Waals surface area contributed by atoms with Crippen molar-refractivity contribution in [3.05, 3.63) is 64.7 Å². The molecule has 0 heterocycles. The molecular formula is C18H22O2. The number of para-hydroxylation sites is 1. The van der Waals surface area contributed by atoms with Crippen LogP contribution >= 0.6 is 0 Å². The first-order valence-corrected chi connectivity index (χ1v) is 7.07. The zero-order valence-electron chi connectivity index (χ0n) is 12.4. The molecule has 0 bridgehead atoms. The Bertz CT molecular complexity index is 555. The van der Waals surface area contributed by atoms with Crippen molar-refractivity contribution in [3.8, 4) is 5.75 Å². The highest BCUT2D eigenvalue weighted by atomic mass is 16.5. The van der Waals surface area contributed by atoms with Crippen LogP contribution < -0.4 is 4.74 Å². The summed E-state index contributed by atoms with van der Waals surface area (Å²) in [5.41, 5.74) is 4.46. The van der Waals surface area contributed by atoms with Gasteiger partial charge in [0.25, 0.3) is 0 Å². The minimum Gasteiger partial charge on any atom is -0.493 e. The number of hydrogen-bond acceptors (Lipinski definition) is 2. The summed E-state index contributed by atoms with van der Waals surface area (Å²) in [5.74, 6) is 0.770. The zero-order valence-corrected chi connectivity index (χ0v) is 12.4. The van der Waals surface area contributed by atoms with E-state index in [1.807, 2.05) is 31.2 Å². The molecule has 0 saturated carbocycles. The molecule has 0 aliphatic heterocycles. The highest BCUT2D eigenvalue weighted by molar-refractivity contribution is 5.37. The van der Waals surface area contributed by atoms with E-state index in [-0.39, 0.29) is 0 Å². The van der Waals surface area contributed by atoms with Crippen molar-refractivity contribution in [2.75, 3.05) is 6.61 Å². The molecule has 2 heteroatoms. The van der Waals surface area contributed by atoms with Crippen LogP contribution in [0.3, 0.4) is 0 Å². The van der Waals surface area contributed by atoms with Crippen molar-refractivity contribution < 1.29 is 9.84 Å². The second-order valence-electron chi connectivity index (χ2n) is 5.19. The maximum absolute atomic E-state index is 10.5. The number of hydrogen-bond donors (Lipinski definition) is 1. The molecule has 2 aromatic carbocycles. The van der Waals surface area contributed by atoms with Gasteiger partial charge < -0.3 is 9.84 Å². The Labute approximate surface area is 121 Å². The molecule has 0 spiro atoms. The quantitative estimate of drug-likeness (QED) is 0.890. The molecule has 1 unspecified atom stereocenters. The molecular weight excluding hydrogens is 248 g/mol. The second kappa shape index (κ2) is 6.58. The monoisotopic (exact) mass is 270 g/mol. The van der Waals surface area contributed by atoms with Gasteiger partial charge >= 0.3 is 0 Å². The first kappa shape index (κ1) is 14.6. The van der Waals surface area contributed by atoms with Gasteiger partial charge in [-0.1, -0.05) is 47.5 Å². The lowest BCUT2D eigenvalue weighted by Gasteiger charge is -2.16. The molecule has 0 amide bonds. The molecule has 0 aliphatic rings. The number of rotatable bonds is 5. The molecule has 0 aromatic heterocycles. The Morgan fingerprint density at radius 3 is 2.35 bits per heavy atom. The van der Waals surface area contributed by atoms with Gasteiger partial charge in [-0.05, 0) is 32.4 Å². The van der Waals surface area contributed by atoms with E-state index in [1.165, 1.54) is 11.1 Å². The number of aryl methyl sites for hydroxylation is 2. The van der Waals surface area contributed by atoms with Gasteiger partial charge in [0.15, 0.2) is 0 Å². The molecule has 2 nitrogen and oxygen atoms in total. The zero-order chi connectivity index (χ0) is 14.5. The van der Waals surface area contributed by atoms with E-state index in [0.717, 1.165) is 16.9 Å². The third-order valence-corrected chi connectivity index (χ3v) is 3.29. The highest BCUT2D eigenvalue weighted by Crippen LogP contribution is 2.28. The number of benzene rings is 2. The molecule has 0 fully saturated rings. The average Bonchev–Trinajstić information content (AvgIpc) is 2.38.